The summed E-state index contributed by atoms with van der Waals surface area (Å²) in [5.41, 5.74) is 1.44. The molecule has 1 aromatic carbocycles. The highest BCUT2D eigenvalue weighted by Crippen LogP contribution is 2.31. The largest absolute Gasteiger partial charge is 0.348 e. The van der Waals surface area contributed by atoms with Crippen LogP contribution in [0.5, 0.6) is 0 Å². The van der Waals surface area contributed by atoms with Gasteiger partial charge in [-0.1, -0.05) is 24.4 Å². The Balaban J connectivity index is 1.64. The lowest BCUT2D eigenvalue weighted by Crippen LogP contribution is -2.40. The van der Waals surface area contributed by atoms with Crippen LogP contribution in [0.15, 0.2) is 41.4 Å². The van der Waals surface area contributed by atoms with Gasteiger partial charge in [-0.05, 0) is 50.1 Å². The topological polar surface area (TPSA) is 62.6 Å². The predicted molar refractivity (Wildman–Crippen MR) is 113 cm³/mol. The standard InChI is InChI=1S/C21H26ClN3O3S/c1-16-19-7-6-10-23(19)13-14-25(16)21(26)17-8-9-18(22)20(15-17)29(27,28)24-11-4-2-3-5-12-24/h6-10,15-16H,2-5,11-14H2,1H3/t16-/m0/s1. The van der Waals surface area contributed by atoms with E-state index in [2.05, 4.69) is 4.57 Å². The second kappa shape index (κ2) is 8.13. The van der Waals surface area contributed by atoms with Gasteiger partial charge in [-0.15, -0.1) is 0 Å². The number of rotatable bonds is 3. The van der Waals surface area contributed by atoms with Gasteiger partial charge in [0.1, 0.15) is 4.90 Å². The molecule has 1 atom stereocenters. The number of carbonyl (C=O) groups is 1. The summed E-state index contributed by atoms with van der Waals surface area (Å²) >= 11 is 6.28. The molecule has 156 valence electrons. The summed E-state index contributed by atoms with van der Waals surface area (Å²) in [6.07, 6.45) is 5.78. The lowest BCUT2D eigenvalue weighted by atomic mass is 10.1. The number of nitrogens with zero attached hydrogens (tertiary/aromatic N) is 3. The van der Waals surface area contributed by atoms with Gasteiger partial charge in [0.05, 0.1) is 11.1 Å². The van der Waals surface area contributed by atoms with Crippen LogP contribution in [-0.4, -0.2) is 47.7 Å². The van der Waals surface area contributed by atoms with Gasteiger partial charge in [-0.25, -0.2) is 8.42 Å². The third-order valence-electron chi connectivity index (χ3n) is 5.96. The monoisotopic (exact) mass is 435 g/mol. The first kappa shape index (κ1) is 20.4. The molecular formula is C21H26ClN3O3S. The number of benzene rings is 1. The zero-order valence-electron chi connectivity index (χ0n) is 16.6. The van der Waals surface area contributed by atoms with E-state index >= 15 is 0 Å². The molecular weight excluding hydrogens is 410 g/mol. The van der Waals surface area contributed by atoms with E-state index in [1.807, 2.05) is 25.3 Å². The molecule has 1 aromatic heterocycles. The molecule has 29 heavy (non-hydrogen) atoms. The number of amides is 1. The molecule has 0 aliphatic carbocycles. The average Bonchev–Trinajstić information content (AvgIpc) is 3.01. The summed E-state index contributed by atoms with van der Waals surface area (Å²) in [4.78, 5) is 15.0. The van der Waals surface area contributed by atoms with E-state index in [0.717, 1.165) is 37.9 Å². The summed E-state index contributed by atoms with van der Waals surface area (Å²) in [5.74, 6) is -0.172. The van der Waals surface area contributed by atoms with Crippen molar-refractivity contribution in [2.24, 2.45) is 0 Å². The molecule has 0 radical (unpaired) electrons. The van der Waals surface area contributed by atoms with Gasteiger partial charge in [0.15, 0.2) is 0 Å². The first-order chi connectivity index (χ1) is 13.9. The fourth-order valence-corrected chi connectivity index (χ4v) is 6.29. The van der Waals surface area contributed by atoms with E-state index in [9.17, 15) is 13.2 Å². The minimum Gasteiger partial charge on any atom is -0.348 e. The normalized spacial score (nSPS) is 20.9. The molecule has 1 fully saturated rings. The fourth-order valence-electron chi connectivity index (χ4n) is 4.28. The number of aromatic nitrogens is 1. The van der Waals surface area contributed by atoms with Crippen molar-refractivity contribution in [3.8, 4) is 0 Å². The first-order valence-corrected chi connectivity index (χ1v) is 12.0. The molecule has 0 saturated carbocycles. The number of sulfonamides is 1. The summed E-state index contributed by atoms with van der Waals surface area (Å²) in [5, 5.41) is 0.159. The molecule has 6 nitrogen and oxygen atoms in total. The molecule has 4 rings (SSSR count). The summed E-state index contributed by atoms with van der Waals surface area (Å²) < 4.78 is 30.1. The Morgan fingerprint density at radius 3 is 2.48 bits per heavy atom. The highest BCUT2D eigenvalue weighted by atomic mass is 35.5. The highest BCUT2D eigenvalue weighted by Gasteiger charge is 2.31. The molecule has 2 aliphatic rings. The van der Waals surface area contributed by atoms with Crippen LogP contribution in [0.3, 0.4) is 0 Å². The lowest BCUT2D eigenvalue weighted by molar-refractivity contribution is 0.0644. The van der Waals surface area contributed by atoms with Crippen molar-refractivity contribution < 1.29 is 13.2 Å². The van der Waals surface area contributed by atoms with Crippen LogP contribution in [0.4, 0.5) is 0 Å². The van der Waals surface area contributed by atoms with Crippen LogP contribution in [-0.2, 0) is 16.6 Å². The average molecular weight is 436 g/mol. The van der Waals surface area contributed by atoms with Crippen molar-refractivity contribution in [1.29, 1.82) is 0 Å². The second-order valence-electron chi connectivity index (χ2n) is 7.76. The lowest BCUT2D eigenvalue weighted by Gasteiger charge is -2.35. The molecule has 3 heterocycles. The smallest absolute Gasteiger partial charge is 0.254 e. The summed E-state index contributed by atoms with van der Waals surface area (Å²) in [6.45, 7) is 4.30. The van der Waals surface area contributed by atoms with E-state index in [1.54, 1.807) is 11.0 Å². The van der Waals surface area contributed by atoms with Crippen molar-refractivity contribution in [3.05, 3.63) is 52.8 Å². The molecule has 0 unspecified atom stereocenters. The van der Waals surface area contributed by atoms with E-state index in [1.165, 1.54) is 16.4 Å². The van der Waals surface area contributed by atoms with Crippen LogP contribution in [0.25, 0.3) is 0 Å². The molecule has 0 bridgehead atoms. The number of hydrogen-bond acceptors (Lipinski definition) is 3. The summed E-state index contributed by atoms with van der Waals surface area (Å²) in [6, 6.07) is 8.51. The zero-order chi connectivity index (χ0) is 20.6. The third kappa shape index (κ3) is 3.83. The second-order valence-corrected chi connectivity index (χ2v) is 10.1. The molecule has 1 amide bonds. The Kier molecular flexibility index (Phi) is 5.73. The van der Waals surface area contributed by atoms with Gasteiger partial charge in [0.2, 0.25) is 10.0 Å². The van der Waals surface area contributed by atoms with E-state index in [-0.39, 0.29) is 21.9 Å². The maximum atomic E-state index is 13.2. The number of halogens is 1. The Morgan fingerprint density at radius 1 is 1.03 bits per heavy atom. The quantitative estimate of drug-likeness (QED) is 0.733. The van der Waals surface area contributed by atoms with E-state index < -0.39 is 10.0 Å². The molecule has 8 heteroatoms. The molecule has 0 N–H and O–H groups in total. The summed E-state index contributed by atoms with van der Waals surface area (Å²) in [7, 11) is -3.73. The molecule has 0 spiro atoms. The minimum absolute atomic E-state index is 0.0277. The van der Waals surface area contributed by atoms with Gasteiger partial charge >= 0.3 is 0 Å². The van der Waals surface area contributed by atoms with Gasteiger partial charge in [0.25, 0.3) is 5.91 Å². The molecule has 2 aromatic rings. The number of fused-ring (bicyclic) bond motifs is 1. The minimum atomic E-state index is -3.73. The number of hydrogen-bond donors (Lipinski definition) is 0. The van der Waals surface area contributed by atoms with Crippen molar-refractivity contribution in [2.45, 2.75) is 50.1 Å². The van der Waals surface area contributed by atoms with Crippen LogP contribution in [0.1, 0.15) is 54.7 Å². The van der Waals surface area contributed by atoms with Crippen LogP contribution >= 0.6 is 11.6 Å². The SMILES string of the molecule is C[C@H]1c2cccn2CCN1C(=O)c1ccc(Cl)c(S(=O)(=O)N2CCCCCC2)c1. The van der Waals surface area contributed by atoms with Gasteiger partial charge < -0.3 is 9.47 Å². The van der Waals surface area contributed by atoms with Crippen LogP contribution in [0.2, 0.25) is 5.02 Å². The van der Waals surface area contributed by atoms with Gasteiger partial charge in [-0.3, -0.25) is 4.79 Å². The maximum Gasteiger partial charge on any atom is 0.254 e. The zero-order valence-corrected chi connectivity index (χ0v) is 18.1. The van der Waals surface area contributed by atoms with Crippen molar-refractivity contribution >= 4 is 27.5 Å². The van der Waals surface area contributed by atoms with Crippen LogP contribution < -0.4 is 0 Å². The van der Waals surface area contributed by atoms with E-state index in [0.29, 0.717) is 25.2 Å². The molecule has 1 saturated heterocycles. The first-order valence-electron chi connectivity index (χ1n) is 10.2. The van der Waals surface area contributed by atoms with Gasteiger partial charge in [0, 0.05) is 43.6 Å². The van der Waals surface area contributed by atoms with Crippen molar-refractivity contribution in [3.63, 3.8) is 0 Å². The number of carbonyl (C=O) groups excluding carboxylic acids is 1. The Bertz CT molecular complexity index is 1010. The van der Waals surface area contributed by atoms with Crippen LogP contribution in [0, 0.1) is 0 Å². The van der Waals surface area contributed by atoms with Crippen molar-refractivity contribution in [2.75, 3.05) is 19.6 Å². The predicted octanol–water partition coefficient (Wildman–Crippen LogP) is 3.92. The van der Waals surface area contributed by atoms with Crippen molar-refractivity contribution in [1.82, 2.24) is 13.8 Å². The Labute approximate surface area is 177 Å². The highest BCUT2D eigenvalue weighted by molar-refractivity contribution is 7.89. The molecule has 2 aliphatic heterocycles. The maximum absolute atomic E-state index is 13.2. The Hall–Kier alpha value is -1.83. The van der Waals surface area contributed by atoms with E-state index in [4.69, 9.17) is 11.6 Å². The fraction of sp³-hybridized carbons (Fsp3) is 0.476. The third-order valence-corrected chi connectivity index (χ3v) is 8.34. The van der Waals surface area contributed by atoms with Gasteiger partial charge in [-0.2, -0.15) is 4.31 Å². The Morgan fingerprint density at radius 2 is 1.76 bits per heavy atom.